The number of nitrogens with zero attached hydrogens (tertiary/aromatic N) is 2. The monoisotopic (exact) mass is 430 g/mol. The lowest BCUT2D eigenvalue weighted by Crippen LogP contribution is -2.32. The molecule has 2 aromatic rings. The summed E-state index contributed by atoms with van der Waals surface area (Å²) in [5, 5.41) is 18.9. The first-order chi connectivity index (χ1) is 14.6. The molecule has 0 saturated carbocycles. The second-order valence-electron chi connectivity index (χ2n) is 8.68. The van der Waals surface area contributed by atoms with Crippen molar-refractivity contribution < 1.29 is 19.2 Å². The van der Waals surface area contributed by atoms with Gasteiger partial charge in [-0.3, -0.25) is 10.1 Å². The SMILES string of the molecule is CCC(C(=O)O)c1ccc(N(CC(C)C)CC(C)C)c(NC(=O)Nc2cc(C)no2)c1. The van der Waals surface area contributed by atoms with E-state index in [0.717, 1.165) is 18.8 Å². The molecule has 0 radical (unpaired) electrons. The summed E-state index contributed by atoms with van der Waals surface area (Å²) in [6.07, 6.45) is 0.458. The zero-order chi connectivity index (χ0) is 23.1. The fourth-order valence-corrected chi connectivity index (χ4v) is 3.54. The maximum Gasteiger partial charge on any atom is 0.326 e. The Morgan fingerprint density at radius 3 is 2.23 bits per heavy atom. The van der Waals surface area contributed by atoms with Crippen LogP contribution in [0.2, 0.25) is 0 Å². The number of aliphatic carboxylic acids is 1. The number of anilines is 3. The van der Waals surface area contributed by atoms with Crippen molar-refractivity contribution >= 4 is 29.3 Å². The molecule has 1 aromatic heterocycles. The number of carbonyl (C=O) groups excluding carboxylic acids is 1. The third kappa shape index (κ3) is 7.01. The molecule has 1 aromatic carbocycles. The first-order valence-electron chi connectivity index (χ1n) is 10.7. The summed E-state index contributed by atoms with van der Waals surface area (Å²) in [6.45, 7) is 13.8. The van der Waals surface area contributed by atoms with E-state index < -0.39 is 17.9 Å². The fourth-order valence-electron chi connectivity index (χ4n) is 3.54. The summed E-state index contributed by atoms with van der Waals surface area (Å²) in [5.74, 6) is -0.451. The molecular weight excluding hydrogens is 396 g/mol. The zero-order valence-corrected chi connectivity index (χ0v) is 19.2. The molecular formula is C23H34N4O4. The molecule has 0 saturated heterocycles. The first kappa shape index (κ1) is 24.2. The van der Waals surface area contributed by atoms with E-state index in [4.69, 9.17) is 4.52 Å². The van der Waals surface area contributed by atoms with E-state index in [2.05, 4.69) is 48.4 Å². The van der Waals surface area contributed by atoms with Gasteiger partial charge in [-0.15, -0.1) is 0 Å². The van der Waals surface area contributed by atoms with E-state index in [1.807, 2.05) is 19.1 Å². The Labute approximate surface area is 184 Å². The summed E-state index contributed by atoms with van der Waals surface area (Å²) >= 11 is 0. The number of rotatable bonds is 10. The van der Waals surface area contributed by atoms with Crippen molar-refractivity contribution in [3.05, 3.63) is 35.5 Å². The van der Waals surface area contributed by atoms with Gasteiger partial charge in [0.1, 0.15) is 0 Å². The smallest absolute Gasteiger partial charge is 0.326 e. The average Bonchev–Trinajstić information content (AvgIpc) is 3.05. The summed E-state index contributed by atoms with van der Waals surface area (Å²) < 4.78 is 5.06. The predicted molar refractivity (Wildman–Crippen MR) is 123 cm³/mol. The van der Waals surface area contributed by atoms with E-state index >= 15 is 0 Å². The van der Waals surface area contributed by atoms with Gasteiger partial charge < -0.3 is 19.8 Å². The third-order valence-corrected chi connectivity index (χ3v) is 4.75. The number of aromatic nitrogens is 1. The summed E-state index contributed by atoms with van der Waals surface area (Å²) in [7, 11) is 0. The molecule has 8 heteroatoms. The fraction of sp³-hybridized carbons (Fsp3) is 0.522. The van der Waals surface area contributed by atoms with Gasteiger partial charge in [-0.05, 0) is 42.9 Å². The molecule has 0 fully saturated rings. The van der Waals surface area contributed by atoms with Crippen LogP contribution in [-0.4, -0.2) is 35.4 Å². The van der Waals surface area contributed by atoms with Gasteiger partial charge in [0.15, 0.2) is 0 Å². The van der Waals surface area contributed by atoms with E-state index in [9.17, 15) is 14.7 Å². The number of aryl methyl sites for hydroxylation is 1. The number of urea groups is 1. The number of carboxylic acid groups (broad SMARTS) is 1. The van der Waals surface area contributed by atoms with Crippen LogP contribution >= 0.6 is 0 Å². The maximum absolute atomic E-state index is 12.7. The molecule has 1 heterocycles. The van der Waals surface area contributed by atoms with Crippen LogP contribution in [0.15, 0.2) is 28.8 Å². The molecule has 170 valence electrons. The standard InChI is InChI=1S/C23H34N4O4/c1-7-18(22(28)29)17-8-9-20(27(12-14(2)3)13-15(4)5)19(11-17)24-23(30)25-21-10-16(6)26-31-21/h8-11,14-15,18H,7,12-13H2,1-6H3,(H,28,29)(H2,24,25,30). The maximum atomic E-state index is 12.7. The molecule has 0 bridgehead atoms. The Balaban J connectivity index is 2.42. The molecule has 0 aliphatic rings. The second kappa shape index (κ2) is 10.8. The molecule has 3 N–H and O–H groups in total. The van der Waals surface area contributed by atoms with Crippen molar-refractivity contribution in [2.24, 2.45) is 11.8 Å². The van der Waals surface area contributed by atoms with Crippen LogP contribution in [0.5, 0.6) is 0 Å². The lowest BCUT2D eigenvalue weighted by Gasteiger charge is -2.31. The van der Waals surface area contributed by atoms with Crippen LogP contribution in [-0.2, 0) is 4.79 Å². The van der Waals surface area contributed by atoms with Crippen molar-refractivity contribution in [2.75, 3.05) is 28.6 Å². The van der Waals surface area contributed by atoms with Gasteiger partial charge in [0, 0.05) is 19.2 Å². The van der Waals surface area contributed by atoms with Crippen LogP contribution in [0.25, 0.3) is 0 Å². The van der Waals surface area contributed by atoms with Crippen molar-refractivity contribution in [2.45, 2.75) is 53.9 Å². The van der Waals surface area contributed by atoms with Crippen molar-refractivity contribution in [3.8, 4) is 0 Å². The largest absolute Gasteiger partial charge is 0.481 e. The Kier molecular flexibility index (Phi) is 8.47. The number of hydrogen-bond acceptors (Lipinski definition) is 5. The highest BCUT2D eigenvalue weighted by Gasteiger charge is 2.22. The quantitative estimate of drug-likeness (QED) is 0.471. The van der Waals surface area contributed by atoms with Gasteiger partial charge in [-0.1, -0.05) is 45.8 Å². The molecule has 1 atom stereocenters. The van der Waals surface area contributed by atoms with E-state index in [-0.39, 0.29) is 5.88 Å². The minimum absolute atomic E-state index is 0.242. The van der Waals surface area contributed by atoms with Gasteiger partial charge >= 0.3 is 12.0 Å². The van der Waals surface area contributed by atoms with Crippen LogP contribution in [0.4, 0.5) is 22.1 Å². The lowest BCUT2D eigenvalue weighted by atomic mass is 9.95. The van der Waals surface area contributed by atoms with E-state index in [1.165, 1.54) is 0 Å². The number of nitrogens with one attached hydrogen (secondary N) is 2. The highest BCUT2D eigenvalue weighted by atomic mass is 16.5. The second-order valence-corrected chi connectivity index (χ2v) is 8.68. The first-order valence-corrected chi connectivity index (χ1v) is 10.7. The van der Waals surface area contributed by atoms with Gasteiger partial charge in [-0.2, -0.15) is 0 Å². The number of carbonyl (C=O) groups is 2. The number of benzene rings is 1. The lowest BCUT2D eigenvalue weighted by molar-refractivity contribution is -0.138. The van der Waals surface area contributed by atoms with E-state index in [0.29, 0.717) is 35.2 Å². The van der Waals surface area contributed by atoms with Gasteiger partial charge in [0.2, 0.25) is 5.88 Å². The molecule has 0 spiro atoms. The van der Waals surface area contributed by atoms with Crippen LogP contribution in [0, 0.1) is 18.8 Å². The van der Waals surface area contributed by atoms with Gasteiger partial charge in [0.05, 0.1) is 23.0 Å². The average molecular weight is 431 g/mol. The van der Waals surface area contributed by atoms with Crippen molar-refractivity contribution in [1.29, 1.82) is 0 Å². The molecule has 0 aliphatic heterocycles. The number of carboxylic acids is 1. The Morgan fingerprint density at radius 1 is 1.10 bits per heavy atom. The number of amides is 2. The molecule has 31 heavy (non-hydrogen) atoms. The predicted octanol–water partition coefficient (Wildman–Crippen LogP) is 5.32. The molecule has 2 rings (SSSR count). The van der Waals surface area contributed by atoms with E-state index in [1.54, 1.807) is 19.1 Å². The summed E-state index contributed by atoms with van der Waals surface area (Å²) in [4.78, 5) is 26.6. The van der Waals surface area contributed by atoms with Gasteiger partial charge in [0.25, 0.3) is 0 Å². The zero-order valence-electron chi connectivity index (χ0n) is 19.2. The van der Waals surface area contributed by atoms with Crippen LogP contribution < -0.4 is 15.5 Å². The molecule has 1 unspecified atom stereocenters. The topological polar surface area (TPSA) is 108 Å². The Morgan fingerprint density at radius 2 is 1.74 bits per heavy atom. The minimum atomic E-state index is -0.885. The molecule has 2 amide bonds. The van der Waals surface area contributed by atoms with Crippen molar-refractivity contribution in [1.82, 2.24) is 5.16 Å². The Bertz CT molecular complexity index is 881. The summed E-state index contributed by atoms with van der Waals surface area (Å²) in [6, 6.07) is 6.65. The highest BCUT2D eigenvalue weighted by molar-refractivity contribution is 6.01. The normalized spacial score (nSPS) is 12.1. The van der Waals surface area contributed by atoms with Gasteiger partial charge in [-0.25, -0.2) is 4.79 Å². The van der Waals surface area contributed by atoms with Crippen LogP contribution in [0.3, 0.4) is 0 Å². The Hall–Kier alpha value is -3.03. The highest BCUT2D eigenvalue weighted by Crippen LogP contribution is 2.32. The number of hydrogen-bond donors (Lipinski definition) is 3. The minimum Gasteiger partial charge on any atom is -0.481 e. The summed E-state index contributed by atoms with van der Waals surface area (Å²) in [5.41, 5.74) is 2.73. The van der Waals surface area contributed by atoms with Crippen LogP contribution in [0.1, 0.15) is 58.2 Å². The third-order valence-electron chi connectivity index (χ3n) is 4.75. The molecule has 0 aliphatic carbocycles. The van der Waals surface area contributed by atoms with Crippen molar-refractivity contribution in [3.63, 3.8) is 0 Å². The molecule has 8 nitrogen and oxygen atoms in total.